The average Bonchev–Trinajstić information content (AvgIpc) is 2.50. The maximum atomic E-state index is 12.0. The quantitative estimate of drug-likeness (QED) is 0.642. The van der Waals surface area contributed by atoms with Gasteiger partial charge in [-0.15, -0.1) is 0 Å². The van der Waals surface area contributed by atoms with Crippen LogP contribution in [0.1, 0.15) is 32.1 Å². The number of hydrogen-bond donors (Lipinski definition) is 2. The fourth-order valence-corrected chi connectivity index (χ4v) is 3.14. The summed E-state index contributed by atoms with van der Waals surface area (Å²) < 4.78 is 24.0. The van der Waals surface area contributed by atoms with Gasteiger partial charge in [0, 0.05) is 19.6 Å². The molecule has 0 spiro atoms. The third-order valence-corrected chi connectivity index (χ3v) is 4.84. The topological polar surface area (TPSA) is 83.5 Å². The van der Waals surface area contributed by atoms with Gasteiger partial charge in [0.25, 0.3) is 0 Å². The van der Waals surface area contributed by atoms with Gasteiger partial charge in [0.1, 0.15) is 0 Å². The van der Waals surface area contributed by atoms with E-state index in [1.54, 1.807) is 18.2 Å². The van der Waals surface area contributed by atoms with Crippen LogP contribution in [0.2, 0.25) is 0 Å². The van der Waals surface area contributed by atoms with E-state index in [0.29, 0.717) is 6.54 Å². The molecule has 6 heteroatoms. The number of aliphatic hydroxyl groups is 1. The molecular formula is C15H23NO4S. The Kier molecular flexibility index (Phi) is 8.00. The summed E-state index contributed by atoms with van der Waals surface area (Å²) in [6.07, 6.45) is 3.49. The van der Waals surface area contributed by atoms with Crippen molar-refractivity contribution < 1.29 is 18.3 Å². The predicted octanol–water partition coefficient (Wildman–Crippen LogP) is 1.52. The Hall–Kier alpha value is -1.40. The molecule has 0 saturated carbocycles. The van der Waals surface area contributed by atoms with Gasteiger partial charge in [-0.05, 0) is 25.0 Å². The zero-order valence-electron chi connectivity index (χ0n) is 12.1. The molecule has 118 valence electrons. The predicted molar refractivity (Wildman–Crippen MR) is 81.7 cm³/mol. The number of unbranched alkanes of at least 4 members (excludes halogenated alkanes) is 3. The highest BCUT2D eigenvalue weighted by Gasteiger charge is 2.15. The second-order valence-electron chi connectivity index (χ2n) is 4.87. The molecule has 0 aliphatic rings. The Morgan fingerprint density at radius 2 is 1.71 bits per heavy atom. The van der Waals surface area contributed by atoms with Crippen molar-refractivity contribution >= 4 is 15.7 Å². The van der Waals surface area contributed by atoms with Gasteiger partial charge in [-0.25, -0.2) is 8.42 Å². The highest BCUT2D eigenvalue weighted by molar-refractivity contribution is 7.91. The minimum Gasteiger partial charge on any atom is -0.396 e. The molecular weight excluding hydrogens is 290 g/mol. The first-order chi connectivity index (χ1) is 10.1. The molecule has 0 atom stereocenters. The van der Waals surface area contributed by atoms with Gasteiger partial charge >= 0.3 is 0 Å². The third-order valence-electron chi connectivity index (χ3n) is 3.11. The average molecular weight is 313 g/mol. The van der Waals surface area contributed by atoms with Crippen LogP contribution in [0.4, 0.5) is 0 Å². The van der Waals surface area contributed by atoms with Crippen LogP contribution < -0.4 is 5.32 Å². The summed E-state index contributed by atoms with van der Waals surface area (Å²) in [5.74, 6) is -0.412. The smallest absolute Gasteiger partial charge is 0.221 e. The van der Waals surface area contributed by atoms with Crippen LogP contribution in [0.3, 0.4) is 0 Å². The van der Waals surface area contributed by atoms with Crippen molar-refractivity contribution in [1.82, 2.24) is 5.32 Å². The van der Waals surface area contributed by atoms with Gasteiger partial charge < -0.3 is 10.4 Å². The summed E-state index contributed by atoms with van der Waals surface area (Å²) in [7, 11) is -3.39. The Morgan fingerprint density at radius 1 is 1.05 bits per heavy atom. The molecule has 0 aliphatic carbocycles. The van der Waals surface area contributed by atoms with Crippen molar-refractivity contribution in [3.63, 3.8) is 0 Å². The Balaban J connectivity index is 2.24. The van der Waals surface area contributed by atoms with Gasteiger partial charge in [-0.3, -0.25) is 4.79 Å². The number of carbonyl (C=O) groups is 1. The molecule has 0 unspecified atom stereocenters. The molecule has 5 nitrogen and oxygen atoms in total. The summed E-state index contributed by atoms with van der Waals surface area (Å²) >= 11 is 0. The number of hydrogen-bond acceptors (Lipinski definition) is 4. The molecule has 0 aromatic heterocycles. The van der Waals surface area contributed by atoms with Crippen LogP contribution in [-0.4, -0.2) is 38.3 Å². The molecule has 2 N–H and O–H groups in total. The minimum atomic E-state index is -3.39. The first-order valence-electron chi connectivity index (χ1n) is 7.21. The molecule has 21 heavy (non-hydrogen) atoms. The Labute approximate surface area is 126 Å². The summed E-state index contributed by atoms with van der Waals surface area (Å²) in [6.45, 7) is 0.749. The molecule has 1 rings (SSSR count). The lowest BCUT2D eigenvalue weighted by Crippen LogP contribution is -2.26. The van der Waals surface area contributed by atoms with Crippen LogP contribution in [0.5, 0.6) is 0 Å². The maximum Gasteiger partial charge on any atom is 0.221 e. The molecule has 0 saturated heterocycles. The van der Waals surface area contributed by atoms with E-state index in [4.69, 9.17) is 5.11 Å². The number of amides is 1. The molecule has 0 aliphatic heterocycles. The van der Waals surface area contributed by atoms with Crippen LogP contribution in [0.25, 0.3) is 0 Å². The van der Waals surface area contributed by atoms with Crippen molar-refractivity contribution in [2.75, 3.05) is 18.9 Å². The fourth-order valence-electron chi connectivity index (χ4n) is 1.88. The van der Waals surface area contributed by atoms with E-state index in [0.717, 1.165) is 25.7 Å². The zero-order chi connectivity index (χ0) is 15.6. The van der Waals surface area contributed by atoms with Crippen molar-refractivity contribution in [2.24, 2.45) is 0 Å². The SMILES string of the molecule is O=C(CCS(=O)(=O)c1ccccc1)NCCCCCCO. The molecule has 0 radical (unpaired) electrons. The van der Waals surface area contributed by atoms with Crippen LogP contribution in [-0.2, 0) is 14.6 Å². The highest BCUT2D eigenvalue weighted by Crippen LogP contribution is 2.10. The summed E-state index contributed by atoms with van der Waals surface area (Å²) in [6, 6.07) is 8.16. The zero-order valence-corrected chi connectivity index (χ0v) is 12.9. The number of rotatable bonds is 10. The van der Waals surface area contributed by atoms with Gasteiger partial charge in [-0.1, -0.05) is 31.0 Å². The Bertz CT molecular complexity index is 514. The second kappa shape index (κ2) is 9.52. The van der Waals surface area contributed by atoms with Crippen molar-refractivity contribution in [3.8, 4) is 0 Å². The minimum absolute atomic E-state index is 0.0200. The molecule has 0 bridgehead atoms. The number of nitrogens with one attached hydrogen (secondary N) is 1. The van der Waals surface area contributed by atoms with Gasteiger partial charge in [0.05, 0.1) is 10.6 Å². The van der Waals surface area contributed by atoms with Crippen LogP contribution in [0, 0.1) is 0 Å². The highest BCUT2D eigenvalue weighted by atomic mass is 32.2. The van der Waals surface area contributed by atoms with Gasteiger partial charge in [0.2, 0.25) is 5.91 Å². The first-order valence-corrected chi connectivity index (χ1v) is 8.87. The van der Waals surface area contributed by atoms with Crippen molar-refractivity contribution in [3.05, 3.63) is 30.3 Å². The Morgan fingerprint density at radius 3 is 2.38 bits per heavy atom. The van der Waals surface area contributed by atoms with Crippen molar-refractivity contribution in [1.29, 1.82) is 0 Å². The van der Waals surface area contributed by atoms with Gasteiger partial charge in [-0.2, -0.15) is 0 Å². The van der Waals surface area contributed by atoms with Crippen molar-refractivity contribution in [2.45, 2.75) is 37.0 Å². The molecule has 0 fully saturated rings. The fraction of sp³-hybridized carbons (Fsp3) is 0.533. The van der Waals surface area contributed by atoms with Gasteiger partial charge in [0.15, 0.2) is 9.84 Å². The number of carbonyl (C=O) groups excluding carboxylic acids is 1. The second-order valence-corrected chi connectivity index (χ2v) is 6.98. The normalized spacial score (nSPS) is 11.3. The van der Waals surface area contributed by atoms with E-state index in [2.05, 4.69) is 5.32 Å². The lowest BCUT2D eigenvalue weighted by atomic mass is 10.2. The molecule has 1 aromatic rings. The number of sulfone groups is 1. The van der Waals surface area contributed by atoms with E-state index < -0.39 is 9.84 Å². The monoisotopic (exact) mass is 313 g/mol. The lowest BCUT2D eigenvalue weighted by molar-refractivity contribution is -0.120. The summed E-state index contributed by atoms with van der Waals surface area (Å²) in [5.41, 5.74) is 0. The van der Waals surface area contributed by atoms with Crippen LogP contribution >= 0.6 is 0 Å². The maximum absolute atomic E-state index is 12.0. The number of aliphatic hydroxyl groups excluding tert-OH is 1. The van der Waals surface area contributed by atoms with Crippen LogP contribution in [0.15, 0.2) is 35.2 Å². The summed E-state index contributed by atoms with van der Waals surface area (Å²) in [4.78, 5) is 11.8. The van der Waals surface area contributed by atoms with E-state index in [1.807, 2.05) is 0 Å². The van der Waals surface area contributed by atoms with E-state index in [1.165, 1.54) is 12.1 Å². The molecule has 1 amide bonds. The lowest BCUT2D eigenvalue weighted by Gasteiger charge is -2.06. The summed E-state index contributed by atoms with van der Waals surface area (Å²) in [5, 5.41) is 11.3. The first kappa shape index (κ1) is 17.7. The van der Waals surface area contributed by atoms with E-state index in [-0.39, 0.29) is 29.6 Å². The molecule has 1 aromatic carbocycles. The van der Waals surface area contributed by atoms with E-state index in [9.17, 15) is 13.2 Å². The number of benzene rings is 1. The largest absolute Gasteiger partial charge is 0.396 e. The van der Waals surface area contributed by atoms with E-state index >= 15 is 0 Å². The third kappa shape index (κ3) is 7.24. The molecule has 0 heterocycles. The standard InChI is InChI=1S/C15H23NO4S/c17-12-7-2-1-6-11-16-15(18)10-13-21(19,20)14-8-4-3-5-9-14/h3-5,8-9,17H,1-2,6-7,10-13H2,(H,16,18).